The Balaban J connectivity index is 1.38. The SMILES string of the molecule is [O-]C(CCOc1ccc(F)cc1)=NC(Cc1ccc2c(c1)OCCO2)CN1CCCC1. The molecule has 4 rings (SSSR count). The zero-order valence-corrected chi connectivity index (χ0v) is 17.6. The van der Waals surface area contributed by atoms with Crippen LogP contribution >= 0.6 is 0 Å². The van der Waals surface area contributed by atoms with E-state index in [1.165, 1.54) is 25.0 Å². The van der Waals surface area contributed by atoms with Gasteiger partial charge in [-0.25, -0.2) is 4.39 Å². The Morgan fingerprint density at radius 3 is 2.58 bits per heavy atom. The molecule has 0 aromatic heterocycles. The summed E-state index contributed by atoms with van der Waals surface area (Å²) in [5, 5.41) is 12.5. The number of halogens is 1. The molecule has 1 unspecified atom stereocenters. The molecule has 0 amide bonds. The Morgan fingerprint density at radius 2 is 1.81 bits per heavy atom. The van der Waals surface area contributed by atoms with Crippen LogP contribution in [0.3, 0.4) is 0 Å². The Morgan fingerprint density at radius 1 is 1.06 bits per heavy atom. The smallest absolute Gasteiger partial charge is 0.161 e. The van der Waals surface area contributed by atoms with Gasteiger partial charge in [0.1, 0.15) is 24.8 Å². The molecule has 31 heavy (non-hydrogen) atoms. The van der Waals surface area contributed by atoms with Gasteiger partial charge in [0.05, 0.1) is 12.6 Å². The molecule has 0 bridgehead atoms. The number of nitrogens with zero attached hydrogens (tertiary/aromatic N) is 2. The fourth-order valence-corrected chi connectivity index (χ4v) is 3.96. The minimum Gasteiger partial charge on any atom is -0.862 e. The maximum absolute atomic E-state index is 13.0. The first kappa shape index (κ1) is 21.4. The molecule has 1 atom stereocenters. The molecule has 166 valence electrons. The van der Waals surface area contributed by atoms with Gasteiger partial charge in [-0.3, -0.25) is 0 Å². The van der Waals surface area contributed by atoms with Gasteiger partial charge < -0.3 is 29.2 Å². The molecule has 0 radical (unpaired) electrons. The fourth-order valence-electron chi connectivity index (χ4n) is 3.96. The number of aliphatic imine (C=N–C) groups is 1. The minimum atomic E-state index is -0.317. The van der Waals surface area contributed by atoms with Crippen LogP contribution in [-0.2, 0) is 6.42 Å². The maximum atomic E-state index is 13.0. The molecule has 2 heterocycles. The van der Waals surface area contributed by atoms with Crippen LogP contribution in [-0.4, -0.2) is 56.3 Å². The lowest BCUT2D eigenvalue weighted by atomic mass is 10.0. The number of hydrogen-bond donors (Lipinski definition) is 0. The Kier molecular flexibility index (Phi) is 7.25. The number of benzene rings is 2. The van der Waals surface area contributed by atoms with Gasteiger partial charge in [-0.15, -0.1) is 0 Å². The van der Waals surface area contributed by atoms with Gasteiger partial charge in [-0.05, 0) is 80.2 Å². The number of ether oxygens (including phenoxy) is 3. The van der Waals surface area contributed by atoms with Crippen molar-refractivity contribution in [2.45, 2.75) is 31.7 Å². The van der Waals surface area contributed by atoms with Crippen molar-refractivity contribution < 1.29 is 23.7 Å². The molecule has 0 spiro atoms. The number of rotatable bonds is 9. The van der Waals surface area contributed by atoms with Crippen molar-refractivity contribution in [1.29, 1.82) is 0 Å². The third-order valence-electron chi connectivity index (χ3n) is 5.47. The third-order valence-corrected chi connectivity index (χ3v) is 5.47. The molecular weight excluding hydrogens is 399 g/mol. The topological polar surface area (TPSA) is 66.3 Å². The lowest BCUT2D eigenvalue weighted by Crippen LogP contribution is -2.33. The van der Waals surface area contributed by atoms with Gasteiger partial charge in [0.15, 0.2) is 11.5 Å². The first-order valence-corrected chi connectivity index (χ1v) is 10.9. The normalized spacial score (nSPS) is 17.5. The monoisotopic (exact) mass is 427 g/mol. The van der Waals surface area contributed by atoms with Gasteiger partial charge >= 0.3 is 0 Å². The molecule has 0 N–H and O–H groups in total. The Labute approximate surface area is 182 Å². The second-order valence-electron chi connectivity index (χ2n) is 7.92. The molecule has 6 nitrogen and oxygen atoms in total. The highest BCUT2D eigenvalue weighted by Gasteiger charge is 2.19. The van der Waals surface area contributed by atoms with Crippen LogP contribution < -0.4 is 19.3 Å². The van der Waals surface area contributed by atoms with E-state index in [0.29, 0.717) is 25.4 Å². The first-order valence-electron chi connectivity index (χ1n) is 10.9. The van der Waals surface area contributed by atoms with Gasteiger partial charge in [-0.1, -0.05) is 6.07 Å². The van der Waals surface area contributed by atoms with E-state index in [4.69, 9.17) is 14.2 Å². The zero-order valence-electron chi connectivity index (χ0n) is 17.6. The van der Waals surface area contributed by atoms with E-state index in [1.807, 2.05) is 18.2 Å². The molecule has 1 fully saturated rings. The van der Waals surface area contributed by atoms with E-state index in [0.717, 1.165) is 36.7 Å². The van der Waals surface area contributed by atoms with Crippen molar-refractivity contribution in [2.75, 3.05) is 39.5 Å². The number of hydrogen-bond acceptors (Lipinski definition) is 6. The Bertz CT molecular complexity index is 882. The molecule has 0 saturated carbocycles. The van der Waals surface area contributed by atoms with E-state index < -0.39 is 0 Å². The zero-order chi connectivity index (χ0) is 21.5. The lowest BCUT2D eigenvalue weighted by Gasteiger charge is -2.24. The number of fused-ring (bicyclic) bond motifs is 1. The van der Waals surface area contributed by atoms with Crippen LogP contribution in [0.2, 0.25) is 0 Å². The van der Waals surface area contributed by atoms with Gasteiger partial charge in [0.25, 0.3) is 0 Å². The summed E-state index contributed by atoms with van der Waals surface area (Å²) in [6, 6.07) is 11.6. The summed E-state index contributed by atoms with van der Waals surface area (Å²) in [5.74, 6) is 1.56. The average molecular weight is 427 g/mol. The molecular formula is C24H28FN2O4-. The second kappa shape index (κ2) is 10.5. The molecule has 2 aliphatic rings. The predicted octanol–water partition coefficient (Wildman–Crippen LogP) is 2.83. The molecule has 0 aliphatic carbocycles. The summed E-state index contributed by atoms with van der Waals surface area (Å²) < 4.78 is 29.8. The molecule has 2 aromatic carbocycles. The molecule has 2 aromatic rings. The van der Waals surface area contributed by atoms with E-state index in [2.05, 4.69) is 9.89 Å². The van der Waals surface area contributed by atoms with Crippen molar-refractivity contribution in [1.82, 2.24) is 4.90 Å². The summed E-state index contributed by atoms with van der Waals surface area (Å²) in [6.45, 7) is 4.19. The van der Waals surface area contributed by atoms with E-state index in [-0.39, 0.29) is 30.8 Å². The predicted molar refractivity (Wildman–Crippen MR) is 115 cm³/mol. The van der Waals surface area contributed by atoms with Crippen LogP contribution in [0.15, 0.2) is 47.5 Å². The van der Waals surface area contributed by atoms with Crippen molar-refractivity contribution in [2.24, 2.45) is 4.99 Å². The van der Waals surface area contributed by atoms with Crippen LogP contribution in [0.1, 0.15) is 24.8 Å². The quantitative estimate of drug-likeness (QED) is 0.455. The summed E-state index contributed by atoms with van der Waals surface area (Å²) in [4.78, 5) is 6.87. The second-order valence-corrected chi connectivity index (χ2v) is 7.92. The van der Waals surface area contributed by atoms with Crippen LogP contribution in [0.5, 0.6) is 17.2 Å². The summed E-state index contributed by atoms with van der Waals surface area (Å²) in [7, 11) is 0. The largest absolute Gasteiger partial charge is 0.862 e. The van der Waals surface area contributed by atoms with Gasteiger partial charge in [0.2, 0.25) is 0 Å². The van der Waals surface area contributed by atoms with Crippen molar-refractivity contribution >= 4 is 5.90 Å². The summed E-state index contributed by atoms with van der Waals surface area (Å²) >= 11 is 0. The van der Waals surface area contributed by atoms with E-state index >= 15 is 0 Å². The molecule has 1 saturated heterocycles. The fraction of sp³-hybridized carbons (Fsp3) is 0.458. The van der Waals surface area contributed by atoms with E-state index in [9.17, 15) is 9.50 Å². The lowest BCUT2D eigenvalue weighted by molar-refractivity contribution is -0.219. The highest BCUT2D eigenvalue weighted by Crippen LogP contribution is 2.31. The first-order chi connectivity index (χ1) is 15.2. The summed E-state index contributed by atoms with van der Waals surface area (Å²) in [6.07, 6.45) is 3.24. The van der Waals surface area contributed by atoms with Gasteiger partial charge in [0, 0.05) is 13.0 Å². The summed E-state index contributed by atoms with van der Waals surface area (Å²) in [5.41, 5.74) is 1.08. The molecule has 2 aliphatic heterocycles. The van der Waals surface area contributed by atoms with Gasteiger partial charge in [-0.2, -0.15) is 0 Å². The van der Waals surface area contributed by atoms with Crippen LogP contribution in [0.4, 0.5) is 4.39 Å². The van der Waals surface area contributed by atoms with Crippen molar-refractivity contribution in [3.8, 4) is 17.2 Å². The van der Waals surface area contributed by atoms with Crippen molar-refractivity contribution in [3.63, 3.8) is 0 Å². The van der Waals surface area contributed by atoms with Crippen LogP contribution in [0.25, 0.3) is 0 Å². The minimum absolute atomic E-state index is 0.126. The average Bonchev–Trinajstić information content (AvgIpc) is 3.28. The van der Waals surface area contributed by atoms with Crippen molar-refractivity contribution in [3.05, 3.63) is 53.8 Å². The Hall–Kier alpha value is -2.80. The van der Waals surface area contributed by atoms with Crippen LogP contribution in [0, 0.1) is 5.82 Å². The highest BCUT2D eigenvalue weighted by atomic mass is 19.1. The standard InChI is InChI=1S/C24H29FN2O4/c25-19-4-6-21(7-5-19)29-12-9-24(28)26-20(17-27-10-1-2-11-27)15-18-3-8-22-23(16-18)31-14-13-30-22/h3-8,16,20H,1-2,9-15,17H2,(H,26,28)/p-1. The maximum Gasteiger partial charge on any atom is 0.161 e. The highest BCUT2D eigenvalue weighted by molar-refractivity contribution is 5.71. The molecule has 7 heteroatoms. The number of likely N-dealkylation sites (tertiary alicyclic amines) is 1. The third kappa shape index (κ3) is 6.34. The van der Waals surface area contributed by atoms with E-state index in [1.54, 1.807) is 12.1 Å².